The summed E-state index contributed by atoms with van der Waals surface area (Å²) in [6.45, 7) is -0.215. The second-order valence-electron chi connectivity index (χ2n) is 9.78. The lowest BCUT2D eigenvalue weighted by atomic mass is 9.99. The van der Waals surface area contributed by atoms with Gasteiger partial charge in [0.05, 0.1) is 18.0 Å². The maximum Gasteiger partial charge on any atom is 0.414 e. The van der Waals surface area contributed by atoms with Crippen molar-refractivity contribution < 1.29 is 33.7 Å². The molecule has 0 saturated heterocycles. The molecule has 5 N–H and O–H groups in total. The van der Waals surface area contributed by atoms with Gasteiger partial charge in [-0.05, 0) is 61.4 Å². The van der Waals surface area contributed by atoms with E-state index in [1.165, 1.54) is 6.08 Å². The van der Waals surface area contributed by atoms with E-state index in [2.05, 4.69) is 10.6 Å². The quantitative estimate of drug-likeness (QED) is 0.106. The molecule has 0 unspecified atom stereocenters. The third-order valence-corrected chi connectivity index (χ3v) is 6.53. The highest BCUT2D eigenvalue weighted by Gasteiger charge is 2.32. The number of benzene rings is 4. The number of imide groups is 1. The molecule has 0 fully saturated rings. The van der Waals surface area contributed by atoms with Gasteiger partial charge in [-0.25, -0.2) is 4.79 Å². The molecular weight excluding hydrogens is 574 g/mol. The number of hydrogen-bond donors (Lipinski definition) is 4. The summed E-state index contributed by atoms with van der Waals surface area (Å²) < 4.78 is 18.0. The highest BCUT2D eigenvalue weighted by Crippen LogP contribution is 2.34. The predicted octanol–water partition coefficient (Wildman–Crippen LogP) is 5.67. The highest BCUT2D eigenvalue weighted by molar-refractivity contribution is 6.03. The van der Waals surface area contributed by atoms with E-state index in [4.69, 9.17) is 19.9 Å². The molecule has 4 aromatic carbocycles. The van der Waals surface area contributed by atoms with Gasteiger partial charge in [-0.2, -0.15) is 0 Å². The fraction of sp³-hybridized carbons (Fsp3) is 0.171. The van der Waals surface area contributed by atoms with Crippen LogP contribution in [0.2, 0.25) is 0 Å². The fourth-order valence-electron chi connectivity index (χ4n) is 4.42. The van der Waals surface area contributed by atoms with Gasteiger partial charge in [0.2, 0.25) is 5.91 Å². The molecular formula is C35H35N3O7. The third-order valence-electron chi connectivity index (χ3n) is 6.53. The Kier molecular flexibility index (Phi) is 12.1. The SMILES string of the molecule is Nc1ccccc1NC(=O)/C=C/CC[C@@H](Oc1ccccc1)[C@H](OC(=O)NC(=O)c1ccccc1)c1ccccc1OCCO. The predicted molar refractivity (Wildman–Crippen MR) is 171 cm³/mol. The van der Waals surface area contributed by atoms with Crippen LogP contribution in [0.15, 0.2) is 121 Å². The lowest BCUT2D eigenvalue weighted by Gasteiger charge is -2.29. The summed E-state index contributed by atoms with van der Waals surface area (Å²) in [5, 5.41) is 14.4. The van der Waals surface area contributed by atoms with Crippen molar-refractivity contribution in [3.8, 4) is 11.5 Å². The Labute approximate surface area is 261 Å². The third kappa shape index (κ3) is 9.97. The largest absolute Gasteiger partial charge is 0.491 e. The zero-order chi connectivity index (χ0) is 31.9. The van der Waals surface area contributed by atoms with Crippen molar-refractivity contribution in [3.05, 3.63) is 132 Å². The minimum atomic E-state index is -1.06. The first-order valence-corrected chi connectivity index (χ1v) is 14.4. The number of nitrogen functional groups attached to an aromatic ring is 1. The first-order chi connectivity index (χ1) is 21.9. The number of rotatable bonds is 14. The number of carbonyl (C=O) groups excluding carboxylic acids is 3. The van der Waals surface area contributed by atoms with Crippen LogP contribution in [0.3, 0.4) is 0 Å². The lowest BCUT2D eigenvalue weighted by molar-refractivity contribution is -0.111. The second-order valence-corrected chi connectivity index (χ2v) is 9.78. The number of alkyl carbamates (subject to hydrolysis) is 1. The fourth-order valence-corrected chi connectivity index (χ4v) is 4.42. The van der Waals surface area contributed by atoms with Gasteiger partial charge in [-0.1, -0.05) is 72.8 Å². The number of aliphatic hydroxyl groups excluding tert-OH is 1. The number of hydrogen-bond acceptors (Lipinski definition) is 8. The molecule has 0 saturated carbocycles. The Hall–Kier alpha value is -5.61. The number of para-hydroxylation sites is 4. The molecule has 0 bridgehead atoms. The number of amides is 3. The second kappa shape index (κ2) is 16.9. The maximum absolute atomic E-state index is 13.1. The van der Waals surface area contributed by atoms with E-state index in [-0.39, 0.29) is 24.7 Å². The summed E-state index contributed by atoms with van der Waals surface area (Å²) in [4.78, 5) is 38.4. The van der Waals surface area contributed by atoms with Crippen molar-refractivity contribution in [2.45, 2.75) is 25.0 Å². The molecule has 4 rings (SSSR count). The molecule has 3 amide bonds. The van der Waals surface area contributed by atoms with Crippen molar-refractivity contribution >= 4 is 29.3 Å². The normalized spacial score (nSPS) is 12.1. The van der Waals surface area contributed by atoms with E-state index < -0.39 is 24.2 Å². The van der Waals surface area contributed by atoms with Crippen molar-refractivity contribution in [2.24, 2.45) is 0 Å². The molecule has 45 heavy (non-hydrogen) atoms. The van der Waals surface area contributed by atoms with Crippen molar-refractivity contribution in [1.82, 2.24) is 5.32 Å². The molecule has 232 valence electrons. The smallest absolute Gasteiger partial charge is 0.414 e. The van der Waals surface area contributed by atoms with Gasteiger partial charge in [0, 0.05) is 11.1 Å². The number of allylic oxidation sites excluding steroid dienone is 1. The zero-order valence-corrected chi connectivity index (χ0v) is 24.5. The molecule has 10 nitrogen and oxygen atoms in total. The van der Waals surface area contributed by atoms with Crippen LogP contribution in [0.5, 0.6) is 11.5 Å². The van der Waals surface area contributed by atoms with Gasteiger partial charge in [-0.15, -0.1) is 0 Å². The molecule has 0 radical (unpaired) electrons. The van der Waals surface area contributed by atoms with E-state index in [1.807, 2.05) is 18.2 Å². The van der Waals surface area contributed by atoms with Crippen LogP contribution < -0.4 is 25.8 Å². The number of nitrogens with two attached hydrogens (primary N) is 1. The standard InChI is InChI=1S/C35H35N3O7/c36-28-18-8-9-19-29(28)37-32(40)22-12-11-21-31(44-26-15-5-2-6-16-26)33(27-17-7-10-20-30(27)43-24-23-39)45-35(42)38-34(41)25-13-3-1-4-14-25/h1-10,12-20,22,31,33,39H,11,21,23-24,36H2,(H,37,40)(H,38,41,42)/b22-12+/t31-,33-/m1/s1. The minimum Gasteiger partial charge on any atom is -0.491 e. The van der Waals surface area contributed by atoms with Crippen LogP contribution in [0.4, 0.5) is 16.2 Å². The minimum absolute atomic E-state index is 0.0103. The van der Waals surface area contributed by atoms with Crippen molar-refractivity contribution in [3.63, 3.8) is 0 Å². The molecule has 2 atom stereocenters. The molecule has 0 spiro atoms. The summed E-state index contributed by atoms with van der Waals surface area (Å²) in [5.74, 6) is -0.0943. The van der Waals surface area contributed by atoms with E-state index in [0.717, 1.165) is 0 Å². The molecule has 0 aromatic heterocycles. The van der Waals surface area contributed by atoms with Gasteiger partial charge in [0.15, 0.2) is 6.10 Å². The van der Waals surface area contributed by atoms with Gasteiger partial charge in [-0.3, -0.25) is 14.9 Å². The summed E-state index contributed by atoms with van der Waals surface area (Å²) in [6, 6.07) is 31.1. The van der Waals surface area contributed by atoms with Gasteiger partial charge < -0.3 is 30.4 Å². The highest BCUT2D eigenvalue weighted by atomic mass is 16.6. The van der Waals surface area contributed by atoms with Crippen molar-refractivity contribution in [1.29, 1.82) is 0 Å². The lowest BCUT2D eigenvalue weighted by Crippen LogP contribution is -2.36. The average molecular weight is 610 g/mol. The summed E-state index contributed by atoms with van der Waals surface area (Å²) in [7, 11) is 0. The zero-order valence-electron chi connectivity index (χ0n) is 24.5. The van der Waals surface area contributed by atoms with E-state index in [0.29, 0.717) is 41.3 Å². The monoisotopic (exact) mass is 609 g/mol. The number of aliphatic hydroxyl groups is 1. The van der Waals surface area contributed by atoms with Crippen LogP contribution >= 0.6 is 0 Å². The Morgan fingerprint density at radius 1 is 0.844 bits per heavy atom. The number of ether oxygens (including phenoxy) is 3. The first-order valence-electron chi connectivity index (χ1n) is 14.4. The van der Waals surface area contributed by atoms with Crippen LogP contribution in [-0.2, 0) is 9.53 Å². The van der Waals surface area contributed by atoms with Crippen LogP contribution in [-0.4, -0.2) is 42.3 Å². The van der Waals surface area contributed by atoms with Crippen LogP contribution in [0, 0.1) is 0 Å². The van der Waals surface area contributed by atoms with Gasteiger partial charge in [0.25, 0.3) is 5.91 Å². The van der Waals surface area contributed by atoms with Gasteiger partial charge >= 0.3 is 6.09 Å². The summed E-state index contributed by atoms with van der Waals surface area (Å²) in [6.07, 6.45) is 0.898. The number of anilines is 2. The van der Waals surface area contributed by atoms with Crippen LogP contribution in [0.1, 0.15) is 34.9 Å². The molecule has 0 aliphatic heterocycles. The first kappa shape index (κ1) is 32.3. The molecule has 0 aliphatic carbocycles. The molecule has 0 aliphatic rings. The topological polar surface area (TPSA) is 149 Å². The van der Waals surface area contributed by atoms with E-state index >= 15 is 0 Å². The molecule has 0 heterocycles. The molecule has 10 heteroatoms. The van der Waals surface area contributed by atoms with Crippen molar-refractivity contribution in [2.75, 3.05) is 24.3 Å². The Balaban J connectivity index is 1.58. The number of nitrogens with one attached hydrogen (secondary N) is 2. The molecule has 4 aromatic rings. The Bertz CT molecular complexity index is 1580. The number of carbonyl (C=O) groups is 3. The van der Waals surface area contributed by atoms with Crippen LogP contribution in [0.25, 0.3) is 0 Å². The maximum atomic E-state index is 13.1. The Morgan fingerprint density at radius 3 is 2.24 bits per heavy atom. The van der Waals surface area contributed by atoms with E-state index in [1.54, 1.807) is 97.1 Å². The Morgan fingerprint density at radius 2 is 1.51 bits per heavy atom. The van der Waals surface area contributed by atoms with Gasteiger partial charge in [0.1, 0.15) is 24.2 Å². The average Bonchev–Trinajstić information content (AvgIpc) is 3.06. The van der Waals surface area contributed by atoms with E-state index in [9.17, 15) is 19.5 Å². The summed E-state index contributed by atoms with van der Waals surface area (Å²) in [5.41, 5.74) is 7.63. The summed E-state index contributed by atoms with van der Waals surface area (Å²) >= 11 is 0.